The maximum atomic E-state index is 12.6. The Balaban J connectivity index is 1.50. The van der Waals surface area contributed by atoms with E-state index in [4.69, 9.17) is 16.7 Å². The summed E-state index contributed by atoms with van der Waals surface area (Å²) in [5.41, 5.74) is 6.71. The summed E-state index contributed by atoms with van der Waals surface area (Å²) in [6, 6.07) is 17.1. The number of nitrogens with zero attached hydrogens (tertiary/aromatic N) is 5. The van der Waals surface area contributed by atoms with Gasteiger partial charge in [-0.05, 0) is 49.4 Å². The van der Waals surface area contributed by atoms with E-state index in [9.17, 15) is 4.79 Å². The van der Waals surface area contributed by atoms with E-state index in [1.54, 1.807) is 28.2 Å². The minimum absolute atomic E-state index is 0.108. The van der Waals surface area contributed by atoms with Crippen LogP contribution in [0.25, 0.3) is 27.3 Å². The third-order valence-electron chi connectivity index (χ3n) is 4.83. The van der Waals surface area contributed by atoms with E-state index in [1.807, 2.05) is 48.8 Å². The molecule has 4 heterocycles. The molecule has 5 rings (SSSR count). The van der Waals surface area contributed by atoms with Crippen molar-refractivity contribution in [1.82, 2.24) is 24.7 Å². The highest BCUT2D eigenvalue weighted by atomic mass is 35.5. The van der Waals surface area contributed by atoms with Gasteiger partial charge >= 0.3 is 0 Å². The highest BCUT2D eigenvalue weighted by Gasteiger charge is 2.16. The molecule has 158 valence electrons. The molecule has 1 aromatic carbocycles. The standard InChI is InChI=1S/C23H17ClN6OS/c1-14-3-2-4-22(27-14)30-19(15-5-7-18-20(9-15)32-13-26-18)10-17(29-30)11-23(31)28-16-6-8-21(24)25-12-16/h2-10,12-13H,11H2,1H3,(H,28,31). The zero-order valence-electron chi connectivity index (χ0n) is 17.0. The first-order chi connectivity index (χ1) is 15.5. The van der Waals surface area contributed by atoms with Gasteiger partial charge < -0.3 is 5.32 Å². The number of carbonyl (C=O) groups is 1. The van der Waals surface area contributed by atoms with Gasteiger partial charge in [-0.25, -0.2) is 19.6 Å². The van der Waals surface area contributed by atoms with Crippen molar-refractivity contribution in [3.8, 4) is 17.1 Å². The van der Waals surface area contributed by atoms with Gasteiger partial charge in [0.05, 0.1) is 45.4 Å². The van der Waals surface area contributed by atoms with E-state index >= 15 is 0 Å². The highest BCUT2D eigenvalue weighted by Crippen LogP contribution is 2.28. The van der Waals surface area contributed by atoms with Gasteiger partial charge in [-0.1, -0.05) is 23.7 Å². The summed E-state index contributed by atoms with van der Waals surface area (Å²) in [4.78, 5) is 25.6. The Hall–Kier alpha value is -3.62. The van der Waals surface area contributed by atoms with Crippen LogP contribution >= 0.6 is 22.9 Å². The Bertz CT molecular complexity index is 1430. The van der Waals surface area contributed by atoms with E-state index in [-0.39, 0.29) is 12.3 Å². The molecule has 7 nitrogen and oxygen atoms in total. The van der Waals surface area contributed by atoms with Crippen molar-refractivity contribution in [1.29, 1.82) is 0 Å². The predicted octanol–water partition coefficient (Wildman–Crippen LogP) is 5.08. The normalized spacial score (nSPS) is 11.1. The molecule has 0 saturated heterocycles. The summed E-state index contributed by atoms with van der Waals surface area (Å²) in [6.07, 6.45) is 1.63. The fourth-order valence-electron chi connectivity index (χ4n) is 3.38. The average molecular weight is 461 g/mol. The van der Waals surface area contributed by atoms with Crippen molar-refractivity contribution in [3.63, 3.8) is 0 Å². The lowest BCUT2D eigenvalue weighted by Crippen LogP contribution is -2.15. The fourth-order valence-corrected chi connectivity index (χ4v) is 4.21. The average Bonchev–Trinajstić information content (AvgIpc) is 3.41. The number of hydrogen-bond donors (Lipinski definition) is 1. The van der Waals surface area contributed by atoms with Gasteiger partial charge in [-0.15, -0.1) is 11.3 Å². The third-order valence-corrected chi connectivity index (χ3v) is 5.85. The van der Waals surface area contributed by atoms with Crippen LogP contribution in [-0.2, 0) is 11.2 Å². The number of rotatable bonds is 5. The van der Waals surface area contributed by atoms with Crippen LogP contribution in [0, 0.1) is 6.92 Å². The number of thiazole rings is 1. The number of aryl methyl sites for hydroxylation is 1. The lowest BCUT2D eigenvalue weighted by molar-refractivity contribution is -0.115. The topological polar surface area (TPSA) is 85.6 Å². The Labute approximate surface area is 192 Å². The van der Waals surface area contributed by atoms with Crippen LogP contribution in [-0.4, -0.2) is 30.6 Å². The molecule has 5 aromatic rings. The van der Waals surface area contributed by atoms with Crippen LogP contribution in [0.15, 0.2) is 66.3 Å². The number of nitrogens with one attached hydrogen (secondary N) is 1. The predicted molar refractivity (Wildman–Crippen MR) is 126 cm³/mol. The van der Waals surface area contributed by atoms with Crippen molar-refractivity contribution in [2.45, 2.75) is 13.3 Å². The van der Waals surface area contributed by atoms with Crippen LogP contribution in [0.4, 0.5) is 5.69 Å². The molecular formula is C23H17ClN6OS. The van der Waals surface area contributed by atoms with E-state index < -0.39 is 0 Å². The lowest BCUT2D eigenvalue weighted by Gasteiger charge is -2.07. The smallest absolute Gasteiger partial charge is 0.230 e. The number of fused-ring (bicyclic) bond motifs is 1. The van der Waals surface area contributed by atoms with Gasteiger partial charge in [0.2, 0.25) is 5.91 Å². The molecule has 0 spiro atoms. The Kier molecular flexibility index (Phi) is 5.38. The van der Waals surface area contributed by atoms with Gasteiger partial charge in [-0.3, -0.25) is 4.79 Å². The summed E-state index contributed by atoms with van der Waals surface area (Å²) in [5.74, 6) is 0.499. The Morgan fingerprint density at radius 2 is 2.03 bits per heavy atom. The van der Waals surface area contributed by atoms with Crippen LogP contribution in [0.1, 0.15) is 11.4 Å². The summed E-state index contributed by atoms with van der Waals surface area (Å²) in [5, 5.41) is 7.90. The minimum Gasteiger partial charge on any atom is -0.324 e. The summed E-state index contributed by atoms with van der Waals surface area (Å²) < 4.78 is 2.86. The van der Waals surface area contributed by atoms with Crippen LogP contribution in [0.5, 0.6) is 0 Å². The second-order valence-corrected chi connectivity index (χ2v) is 8.47. The van der Waals surface area contributed by atoms with Gasteiger partial charge in [0.25, 0.3) is 0 Å². The molecule has 32 heavy (non-hydrogen) atoms. The van der Waals surface area contributed by atoms with Crippen molar-refractivity contribution in [2.24, 2.45) is 0 Å². The number of pyridine rings is 2. The van der Waals surface area contributed by atoms with Crippen LogP contribution in [0.3, 0.4) is 0 Å². The van der Waals surface area contributed by atoms with Crippen LogP contribution in [0.2, 0.25) is 5.15 Å². The van der Waals surface area contributed by atoms with Gasteiger partial charge in [0.15, 0.2) is 5.82 Å². The number of anilines is 1. The van der Waals surface area contributed by atoms with Crippen molar-refractivity contribution >= 4 is 44.7 Å². The monoisotopic (exact) mass is 460 g/mol. The van der Waals surface area contributed by atoms with E-state index in [2.05, 4.69) is 26.3 Å². The molecule has 0 aliphatic heterocycles. The van der Waals surface area contributed by atoms with Crippen molar-refractivity contribution < 1.29 is 4.79 Å². The molecule has 0 fully saturated rings. The zero-order valence-corrected chi connectivity index (χ0v) is 18.6. The molecular weight excluding hydrogens is 444 g/mol. The zero-order chi connectivity index (χ0) is 22.1. The first-order valence-corrected chi connectivity index (χ1v) is 11.1. The maximum absolute atomic E-state index is 12.6. The third kappa shape index (κ3) is 4.23. The first-order valence-electron chi connectivity index (χ1n) is 9.83. The maximum Gasteiger partial charge on any atom is 0.230 e. The Morgan fingerprint density at radius 3 is 2.84 bits per heavy atom. The number of benzene rings is 1. The highest BCUT2D eigenvalue weighted by molar-refractivity contribution is 7.16. The molecule has 0 bridgehead atoms. The SMILES string of the molecule is Cc1cccc(-n2nc(CC(=O)Nc3ccc(Cl)nc3)cc2-c2ccc3ncsc3c2)n1. The quantitative estimate of drug-likeness (QED) is 0.369. The van der Waals surface area contributed by atoms with Crippen LogP contribution < -0.4 is 5.32 Å². The number of carbonyl (C=O) groups excluding carboxylic acids is 1. The fraction of sp³-hybridized carbons (Fsp3) is 0.0870. The molecule has 1 amide bonds. The molecule has 0 aliphatic carbocycles. The van der Waals surface area contributed by atoms with Gasteiger partial charge in [0, 0.05) is 11.3 Å². The first kappa shape index (κ1) is 20.3. The molecule has 4 aromatic heterocycles. The van der Waals surface area contributed by atoms with Gasteiger partial charge in [0.1, 0.15) is 5.15 Å². The van der Waals surface area contributed by atoms with E-state index in [1.165, 1.54) is 6.20 Å². The molecule has 0 saturated carbocycles. The van der Waals surface area contributed by atoms with E-state index in [0.717, 1.165) is 27.2 Å². The van der Waals surface area contributed by atoms with Gasteiger partial charge in [-0.2, -0.15) is 5.10 Å². The molecule has 0 atom stereocenters. The largest absolute Gasteiger partial charge is 0.324 e. The lowest BCUT2D eigenvalue weighted by atomic mass is 10.1. The number of halogens is 1. The number of amides is 1. The number of hydrogen-bond acceptors (Lipinski definition) is 6. The Morgan fingerprint density at radius 1 is 1.12 bits per heavy atom. The molecule has 0 aliphatic rings. The van der Waals surface area contributed by atoms with Crippen molar-refractivity contribution in [2.75, 3.05) is 5.32 Å². The second-order valence-electron chi connectivity index (χ2n) is 7.20. The summed E-state index contributed by atoms with van der Waals surface area (Å²) in [6.45, 7) is 1.94. The molecule has 1 N–H and O–H groups in total. The van der Waals surface area contributed by atoms with E-state index in [0.29, 0.717) is 22.4 Å². The molecule has 9 heteroatoms. The minimum atomic E-state index is -0.194. The summed E-state index contributed by atoms with van der Waals surface area (Å²) >= 11 is 7.39. The van der Waals surface area contributed by atoms with Crippen molar-refractivity contribution in [3.05, 3.63) is 82.8 Å². The molecule has 0 radical (unpaired) electrons. The number of aromatic nitrogens is 5. The molecule has 0 unspecified atom stereocenters. The summed E-state index contributed by atoms with van der Waals surface area (Å²) in [7, 11) is 0. The second kappa shape index (κ2) is 8.49.